The van der Waals surface area contributed by atoms with E-state index in [1.807, 2.05) is 0 Å². The Bertz CT molecular complexity index is 42.2. The van der Waals surface area contributed by atoms with Crippen molar-refractivity contribution in [1.82, 2.24) is 0 Å². The number of aliphatic hydroxyl groups is 1. The van der Waals surface area contributed by atoms with E-state index in [2.05, 4.69) is 12.2 Å². The van der Waals surface area contributed by atoms with Crippen LogP contribution in [0.3, 0.4) is 0 Å². The van der Waals surface area contributed by atoms with Crippen LogP contribution in [0.15, 0.2) is 0 Å². The highest BCUT2D eigenvalue weighted by atomic mass is 16.3. The SMILES string of the molecule is CCCCC[NH2+]CCO. The number of rotatable bonds is 6. The van der Waals surface area contributed by atoms with Crippen LogP contribution in [-0.4, -0.2) is 24.8 Å². The van der Waals surface area contributed by atoms with Gasteiger partial charge in [0.25, 0.3) is 0 Å². The van der Waals surface area contributed by atoms with E-state index in [0.717, 1.165) is 6.54 Å². The summed E-state index contributed by atoms with van der Waals surface area (Å²) in [5, 5.41) is 10.6. The molecule has 0 heterocycles. The molecule has 0 aromatic carbocycles. The fourth-order valence-electron chi connectivity index (χ4n) is 0.774. The minimum atomic E-state index is 0.312. The quantitative estimate of drug-likeness (QED) is 0.480. The lowest BCUT2D eigenvalue weighted by Gasteiger charge is -1.96. The molecule has 0 spiro atoms. The molecule has 0 bridgehead atoms. The minimum Gasteiger partial charge on any atom is -0.391 e. The van der Waals surface area contributed by atoms with Crippen molar-refractivity contribution in [2.45, 2.75) is 26.2 Å². The first-order valence-electron chi connectivity index (χ1n) is 3.84. The van der Waals surface area contributed by atoms with Gasteiger partial charge in [-0.1, -0.05) is 13.3 Å². The second kappa shape index (κ2) is 7.92. The maximum Gasteiger partial charge on any atom is 0.0990 e. The largest absolute Gasteiger partial charge is 0.391 e. The molecule has 0 radical (unpaired) electrons. The summed E-state index contributed by atoms with van der Waals surface area (Å²) >= 11 is 0. The number of nitrogens with two attached hydrogens (primary N) is 1. The van der Waals surface area contributed by atoms with Crippen molar-refractivity contribution in [3.63, 3.8) is 0 Å². The van der Waals surface area contributed by atoms with Crippen LogP contribution < -0.4 is 5.32 Å². The van der Waals surface area contributed by atoms with Crippen LogP contribution in [-0.2, 0) is 0 Å². The maximum atomic E-state index is 8.39. The van der Waals surface area contributed by atoms with Crippen molar-refractivity contribution in [1.29, 1.82) is 0 Å². The summed E-state index contributed by atoms with van der Waals surface area (Å²) in [4.78, 5) is 0. The third-order valence-electron chi connectivity index (χ3n) is 1.35. The second-order valence-corrected chi connectivity index (χ2v) is 2.30. The van der Waals surface area contributed by atoms with E-state index >= 15 is 0 Å². The lowest BCUT2D eigenvalue weighted by molar-refractivity contribution is -0.656. The highest BCUT2D eigenvalue weighted by molar-refractivity contribution is 4.31. The molecule has 0 unspecified atom stereocenters. The van der Waals surface area contributed by atoms with Crippen LogP contribution in [0.1, 0.15) is 26.2 Å². The fraction of sp³-hybridized carbons (Fsp3) is 1.00. The molecule has 0 aliphatic carbocycles. The summed E-state index contributed by atoms with van der Waals surface area (Å²) in [5.74, 6) is 0. The highest BCUT2D eigenvalue weighted by Gasteiger charge is 1.87. The van der Waals surface area contributed by atoms with Gasteiger partial charge in [0.05, 0.1) is 19.7 Å². The van der Waals surface area contributed by atoms with Gasteiger partial charge < -0.3 is 10.4 Å². The van der Waals surface area contributed by atoms with Gasteiger partial charge in [-0.15, -0.1) is 0 Å². The summed E-state index contributed by atoms with van der Waals surface area (Å²) in [6.07, 6.45) is 3.89. The number of unbranched alkanes of at least 4 members (excludes halogenated alkanes) is 2. The van der Waals surface area contributed by atoms with E-state index < -0.39 is 0 Å². The van der Waals surface area contributed by atoms with Crippen LogP contribution in [0, 0.1) is 0 Å². The average molecular weight is 132 g/mol. The molecule has 0 amide bonds. The van der Waals surface area contributed by atoms with Crippen molar-refractivity contribution < 1.29 is 10.4 Å². The van der Waals surface area contributed by atoms with Crippen LogP contribution in [0.5, 0.6) is 0 Å². The molecule has 0 fully saturated rings. The number of hydrogen-bond acceptors (Lipinski definition) is 1. The Morgan fingerprint density at radius 3 is 2.56 bits per heavy atom. The van der Waals surface area contributed by atoms with E-state index in [9.17, 15) is 0 Å². The predicted octanol–water partition coefficient (Wildman–Crippen LogP) is -0.268. The zero-order valence-corrected chi connectivity index (χ0v) is 6.27. The second-order valence-electron chi connectivity index (χ2n) is 2.30. The van der Waals surface area contributed by atoms with Gasteiger partial charge in [-0.3, -0.25) is 0 Å². The van der Waals surface area contributed by atoms with Crippen LogP contribution in [0.4, 0.5) is 0 Å². The van der Waals surface area contributed by atoms with Gasteiger partial charge in [0.2, 0.25) is 0 Å². The predicted molar refractivity (Wildman–Crippen MR) is 38.3 cm³/mol. The molecule has 0 aliphatic rings. The maximum absolute atomic E-state index is 8.39. The molecule has 0 saturated heterocycles. The van der Waals surface area contributed by atoms with E-state index in [1.54, 1.807) is 0 Å². The molecular weight excluding hydrogens is 114 g/mol. The molecule has 56 valence electrons. The molecule has 0 aromatic heterocycles. The lowest BCUT2D eigenvalue weighted by atomic mass is 10.2. The molecule has 0 atom stereocenters. The van der Waals surface area contributed by atoms with Gasteiger partial charge in [0.15, 0.2) is 0 Å². The van der Waals surface area contributed by atoms with E-state index in [1.165, 1.54) is 25.8 Å². The number of aliphatic hydroxyl groups excluding tert-OH is 1. The van der Waals surface area contributed by atoms with Gasteiger partial charge >= 0.3 is 0 Å². The Kier molecular flexibility index (Phi) is 7.85. The summed E-state index contributed by atoms with van der Waals surface area (Å²) < 4.78 is 0. The van der Waals surface area contributed by atoms with Crippen LogP contribution >= 0.6 is 0 Å². The third-order valence-corrected chi connectivity index (χ3v) is 1.35. The molecule has 0 aromatic rings. The van der Waals surface area contributed by atoms with Gasteiger partial charge in [-0.2, -0.15) is 0 Å². The van der Waals surface area contributed by atoms with Crippen molar-refractivity contribution in [3.8, 4) is 0 Å². The average Bonchev–Trinajstić information content (AvgIpc) is 1.89. The Morgan fingerprint density at radius 1 is 1.22 bits per heavy atom. The highest BCUT2D eigenvalue weighted by Crippen LogP contribution is 1.88. The van der Waals surface area contributed by atoms with Crippen molar-refractivity contribution in [2.75, 3.05) is 19.7 Å². The Hall–Kier alpha value is -0.0800. The van der Waals surface area contributed by atoms with Gasteiger partial charge in [-0.25, -0.2) is 0 Å². The van der Waals surface area contributed by atoms with Crippen LogP contribution in [0.2, 0.25) is 0 Å². The van der Waals surface area contributed by atoms with Crippen LogP contribution in [0.25, 0.3) is 0 Å². The summed E-state index contributed by atoms with van der Waals surface area (Å²) in [5.41, 5.74) is 0. The third kappa shape index (κ3) is 7.92. The molecule has 0 aliphatic heterocycles. The zero-order chi connectivity index (χ0) is 6.95. The summed E-state index contributed by atoms with van der Waals surface area (Å²) in [6.45, 7) is 4.55. The Labute approximate surface area is 57.3 Å². The van der Waals surface area contributed by atoms with Crippen molar-refractivity contribution >= 4 is 0 Å². The molecule has 0 rings (SSSR count). The van der Waals surface area contributed by atoms with Gasteiger partial charge in [0.1, 0.15) is 0 Å². The van der Waals surface area contributed by atoms with E-state index in [4.69, 9.17) is 5.11 Å². The molecule has 3 N–H and O–H groups in total. The molecule has 0 saturated carbocycles. The first kappa shape index (κ1) is 8.92. The molecule has 2 heteroatoms. The van der Waals surface area contributed by atoms with Crippen molar-refractivity contribution in [3.05, 3.63) is 0 Å². The van der Waals surface area contributed by atoms with E-state index in [-0.39, 0.29) is 0 Å². The first-order chi connectivity index (χ1) is 4.41. The molecule has 2 nitrogen and oxygen atoms in total. The smallest absolute Gasteiger partial charge is 0.0990 e. The molecule has 9 heavy (non-hydrogen) atoms. The summed E-state index contributed by atoms with van der Waals surface area (Å²) in [7, 11) is 0. The minimum absolute atomic E-state index is 0.312. The topological polar surface area (TPSA) is 36.8 Å². The Balaban J connectivity index is 2.60. The molecular formula is C7H18NO+. The van der Waals surface area contributed by atoms with E-state index in [0.29, 0.717) is 6.61 Å². The number of quaternary nitrogens is 1. The zero-order valence-electron chi connectivity index (χ0n) is 6.27. The lowest BCUT2D eigenvalue weighted by Crippen LogP contribution is -2.85. The monoisotopic (exact) mass is 132 g/mol. The summed E-state index contributed by atoms with van der Waals surface area (Å²) in [6, 6.07) is 0. The standard InChI is InChI=1S/C7H17NO/c1-2-3-4-5-8-6-7-9/h8-9H,2-7H2,1H3/p+1. The van der Waals surface area contributed by atoms with Gasteiger partial charge in [0, 0.05) is 0 Å². The Morgan fingerprint density at radius 2 is 2.00 bits per heavy atom. The van der Waals surface area contributed by atoms with Crippen molar-refractivity contribution in [2.24, 2.45) is 0 Å². The van der Waals surface area contributed by atoms with Gasteiger partial charge in [-0.05, 0) is 12.8 Å². The normalized spacial score (nSPS) is 10.0. The number of hydrogen-bond donors (Lipinski definition) is 2. The fourth-order valence-corrected chi connectivity index (χ4v) is 0.774. The first-order valence-corrected chi connectivity index (χ1v) is 3.84.